The molecule has 0 spiro atoms. The lowest BCUT2D eigenvalue weighted by molar-refractivity contribution is -0.384. The molecule has 1 aromatic carbocycles. The summed E-state index contributed by atoms with van der Waals surface area (Å²) in [6.07, 6.45) is 1.26. The smallest absolute Gasteiger partial charge is 0.292 e. The summed E-state index contributed by atoms with van der Waals surface area (Å²) in [5.74, 6) is 1.35. The van der Waals surface area contributed by atoms with E-state index in [9.17, 15) is 10.1 Å². The van der Waals surface area contributed by atoms with Gasteiger partial charge in [-0.25, -0.2) is 0 Å². The van der Waals surface area contributed by atoms with E-state index >= 15 is 0 Å². The van der Waals surface area contributed by atoms with Gasteiger partial charge in [0.05, 0.1) is 4.92 Å². The molecule has 1 N–H and O–H groups in total. The fourth-order valence-corrected chi connectivity index (χ4v) is 3.31. The van der Waals surface area contributed by atoms with E-state index in [1.165, 1.54) is 6.42 Å². The highest BCUT2D eigenvalue weighted by Crippen LogP contribution is 2.30. The van der Waals surface area contributed by atoms with Gasteiger partial charge in [-0.2, -0.15) is 0 Å². The van der Waals surface area contributed by atoms with Crippen LogP contribution in [0.2, 0.25) is 0 Å². The van der Waals surface area contributed by atoms with Crippen LogP contribution in [0, 0.1) is 22.0 Å². The van der Waals surface area contributed by atoms with Gasteiger partial charge in [-0.15, -0.1) is 0 Å². The molecule has 3 atom stereocenters. The molecule has 5 heteroatoms. The first kappa shape index (κ1) is 15.8. The third-order valence-corrected chi connectivity index (χ3v) is 4.63. The molecular formula is C16H25N3O2. The minimum Gasteiger partial charge on any atom is -0.383 e. The summed E-state index contributed by atoms with van der Waals surface area (Å²) in [5.41, 5.74) is 1.73. The Labute approximate surface area is 126 Å². The second kappa shape index (κ2) is 6.43. The number of hydrogen-bond donors (Lipinski definition) is 1. The Hall–Kier alpha value is -1.62. The van der Waals surface area contributed by atoms with Crippen molar-refractivity contribution in [1.29, 1.82) is 0 Å². The van der Waals surface area contributed by atoms with Crippen LogP contribution in [0.1, 0.15) is 32.8 Å². The Kier molecular flexibility index (Phi) is 4.83. The highest BCUT2D eigenvalue weighted by molar-refractivity contribution is 5.62. The average Bonchev–Trinajstić information content (AvgIpc) is 2.44. The SMILES string of the molecule is CNc1ccc(CN2CC(C)CC(C)C2C)cc1[N+](=O)[O-]. The molecule has 0 aromatic heterocycles. The summed E-state index contributed by atoms with van der Waals surface area (Å²) in [6.45, 7) is 8.67. The van der Waals surface area contributed by atoms with E-state index in [-0.39, 0.29) is 10.6 Å². The van der Waals surface area contributed by atoms with Crippen molar-refractivity contribution in [1.82, 2.24) is 4.90 Å². The standard InChI is InChI=1S/C16H25N3O2/c1-11-7-12(2)13(3)18(9-11)10-14-5-6-15(17-4)16(8-14)19(20)21/h5-6,8,11-13,17H,7,9-10H2,1-4H3. The predicted octanol–water partition coefficient (Wildman–Crippen LogP) is 3.50. The van der Waals surface area contributed by atoms with E-state index in [0.717, 1.165) is 18.7 Å². The summed E-state index contributed by atoms with van der Waals surface area (Å²) >= 11 is 0. The fraction of sp³-hybridized carbons (Fsp3) is 0.625. The van der Waals surface area contributed by atoms with Crippen LogP contribution in [0.15, 0.2) is 18.2 Å². The monoisotopic (exact) mass is 291 g/mol. The van der Waals surface area contributed by atoms with Crippen LogP contribution in [0.4, 0.5) is 11.4 Å². The fourth-order valence-electron chi connectivity index (χ4n) is 3.31. The van der Waals surface area contributed by atoms with Crippen LogP contribution in [-0.4, -0.2) is 29.5 Å². The molecule has 1 aromatic rings. The van der Waals surface area contributed by atoms with Crippen LogP contribution in [0.3, 0.4) is 0 Å². The summed E-state index contributed by atoms with van der Waals surface area (Å²) in [5, 5.41) is 14.0. The van der Waals surface area contributed by atoms with E-state index in [1.807, 2.05) is 6.07 Å². The lowest BCUT2D eigenvalue weighted by Gasteiger charge is -2.41. The highest BCUT2D eigenvalue weighted by Gasteiger charge is 2.29. The minimum absolute atomic E-state index is 0.153. The maximum Gasteiger partial charge on any atom is 0.292 e. The van der Waals surface area contributed by atoms with Gasteiger partial charge in [0.25, 0.3) is 5.69 Å². The van der Waals surface area contributed by atoms with Crippen LogP contribution in [0.25, 0.3) is 0 Å². The Morgan fingerprint density at radius 3 is 2.71 bits per heavy atom. The predicted molar refractivity (Wildman–Crippen MR) is 85.5 cm³/mol. The quantitative estimate of drug-likeness (QED) is 0.681. The number of benzene rings is 1. The van der Waals surface area contributed by atoms with Gasteiger partial charge in [0.2, 0.25) is 0 Å². The molecule has 3 unspecified atom stereocenters. The van der Waals surface area contributed by atoms with E-state index in [0.29, 0.717) is 23.6 Å². The molecule has 21 heavy (non-hydrogen) atoms. The molecular weight excluding hydrogens is 266 g/mol. The number of piperidine rings is 1. The molecule has 5 nitrogen and oxygen atoms in total. The van der Waals surface area contributed by atoms with Gasteiger partial charge in [0.1, 0.15) is 5.69 Å². The van der Waals surface area contributed by atoms with Gasteiger partial charge in [0.15, 0.2) is 0 Å². The van der Waals surface area contributed by atoms with Crippen molar-refractivity contribution in [2.45, 2.75) is 39.8 Å². The number of nitrogens with zero attached hydrogens (tertiary/aromatic N) is 2. The highest BCUT2D eigenvalue weighted by atomic mass is 16.6. The number of rotatable bonds is 4. The molecule has 2 rings (SSSR count). The second-order valence-corrected chi connectivity index (χ2v) is 6.35. The van der Waals surface area contributed by atoms with Crippen LogP contribution >= 0.6 is 0 Å². The van der Waals surface area contributed by atoms with Gasteiger partial charge in [-0.1, -0.05) is 19.9 Å². The molecule has 1 fully saturated rings. The van der Waals surface area contributed by atoms with Gasteiger partial charge < -0.3 is 5.32 Å². The molecule has 0 bridgehead atoms. The van der Waals surface area contributed by atoms with E-state index in [1.54, 1.807) is 19.2 Å². The maximum atomic E-state index is 11.1. The molecule has 1 heterocycles. The summed E-state index contributed by atoms with van der Waals surface area (Å²) in [6, 6.07) is 6.00. The second-order valence-electron chi connectivity index (χ2n) is 6.35. The number of hydrogen-bond acceptors (Lipinski definition) is 4. The largest absolute Gasteiger partial charge is 0.383 e. The lowest BCUT2D eigenvalue weighted by atomic mass is 9.86. The normalized spacial score (nSPS) is 26.6. The van der Waals surface area contributed by atoms with E-state index < -0.39 is 0 Å². The van der Waals surface area contributed by atoms with E-state index in [2.05, 4.69) is 31.0 Å². The zero-order chi connectivity index (χ0) is 15.6. The topological polar surface area (TPSA) is 58.4 Å². The molecule has 0 saturated carbocycles. The number of nitro benzene ring substituents is 1. The number of nitro groups is 1. The summed E-state index contributed by atoms with van der Waals surface area (Å²) < 4.78 is 0. The zero-order valence-corrected chi connectivity index (χ0v) is 13.3. The van der Waals surface area contributed by atoms with Crippen molar-refractivity contribution >= 4 is 11.4 Å². The molecule has 1 saturated heterocycles. The first-order valence-corrected chi connectivity index (χ1v) is 7.61. The first-order valence-electron chi connectivity index (χ1n) is 7.61. The Balaban J connectivity index is 2.19. The minimum atomic E-state index is -0.319. The average molecular weight is 291 g/mol. The number of likely N-dealkylation sites (tertiary alicyclic amines) is 1. The maximum absolute atomic E-state index is 11.1. The molecule has 0 aliphatic carbocycles. The Morgan fingerprint density at radius 1 is 1.38 bits per heavy atom. The van der Waals surface area contributed by atoms with Crippen molar-refractivity contribution in [2.75, 3.05) is 18.9 Å². The summed E-state index contributed by atoms with van der Waals surface area (Å²) in [4.78, 5) is 13.3. The van der Waals surface area contributed by atoms with E-state index in [4.69, 9.17) is 0 Å². The van der Waals surface area contributed by atoms with Crippen LogP contribution in [0.5, 0.6) is 0 Å². The summed E-state index contributed by atoms with van der Waals surface area (Å²) in [7, 11) is 1.71. The first-order chi connectivity index (χ1) is 9.92. The van der Waals surface area contributed by atoms with Crippen LogP contribution in [-0.2, 0) is 6.54 Å². The van der Waals surface area contributed by atoms with Crippen molar-refractivity contribution in [2.24, 2.45) is 11.8 Å². The molecule has 0 amide bonds. The van der Waals surface area contributed by atoms with Crippen molar-refractivity contribution in [3.05, 3.63) is 33.9 Å². The third kappa shape index (κ3) is 3.53. The van der Waals surface area contributed by atoms with Crippen LogP contribution < -0.4 is 5.32 Å². The van der Waals surface area contributed by atoms with Gasteiger partial charge in [-0.3, -0.25) is 15.0 Å². The zero-order valence-electron chi connectivity index (χ0n) is 13.3. The van der Waals surface area contributed by atoms with Gasteiger partial charge in [0, 0.05) is 32.2 Å². The third-order valence-electron chi connectivity index (χ3n) is 4.63. The van der Waals surface area contributed by atoms with Crippen molar-refractivity contribution in [3.63, 3.8) is 0 Å². The van der Waals surface area contributed by atoms with Crippen molar-refractivity contribution < 1.29 is 4.92 Å². The number of nitrogens with one attached hydrogen (secondary N) is 1. The lowest BCUT2D eigenvalue weighted by Crippen LogP contribution is -2.45. The van der Waals surface area contributed by atoms with Crippen molar-refractivity contribution in [3.8, 4) is 0 Å². The molecule has 1 aliphatic rings. The van der Waals surface area contributed by atoms with Gasteiger partial charge >= 0.3 is 0 Å². The Bertz CT molecular complexity index is 518. The van der Waals surface area contributed by atoms with Gasteiger partial charge in [-0.05, 0) is 36.8 Å². The molecule has 116 valence electrons. The molecule has 0 radical (unpaired) electrons. The Morgan fingerprint density at radius 2 is 2.10 bits per heavy atom. The number of anilines is 1. The molecule has 1 aliphatic heterocycles.